The molecule has 0 heterocycles. The van der Waals surface area contributed by atoms with Crippen LogP contribution < -0.4 is 0 Å². The first-order valence-corrected chi connectivity index (χ1v) is 7.72. The molecule has 0 saturated carbocycles. The SMILES string of the molecule is CCOC(=O)/C(C=NC(C)CO)=C(\O)c1c(F)c(F)c(Br)c(F)c1F. The van der Waals surface area contributed by atoms with Crippen molar-refractivity contribution in [2.75, 3.05) is 13.2 Å². The van der Waals surface area contributed by atoms with Crippen molar-refractivity contribution in [3.05, 3.63) is 38.9 Å². The number of benzene rings is 1. The second-order valence-corrected chi connectivity index (χ2v) is 5.53. The van der Waals surface area contributed by atoms with Crippen LogP contribution in [0.15, 0.2) is 15.0 Å². The van der Waals surface area contributed by atoms with E-state index in [1.54, 1.807) is 0 Å². The van der Waals surface area contributed by atoms with Gasteiger partial charge in [-0.1, -0.05) is 0 Å². The molecule has 10 heteroatoms. The van der Waals surface area contributed by atoms with E-state index >= 15 is 0 Å². The third kappa shape index (κ3) is 4.57. The van der Waals surface area contributed by atoms with Crippen LogP contribution in [-0.2, 0) is 9.53 Å². The monoisotopic (exact) mass is 427 g/mol. The first-order valence-electron chi connectivity index (χ1n) is 6.93. The Labute approximate surface area is 148 Å². The number of aliphatic hydroxyl groups is 2. The van der Waals surface area contributed by atoms with Gasteiger partial charge in [-0.2, -0.15) is 0 Å². The van der Waals surface area contributed by atoms with Gasteiger partial charge in [-0.05, 0) is 29.8 Å². The number of carbonyl (C=O) groups excluding carboxylic acids is 1. The lowest BCUT2D eigenvalue weighted by atomic mass is 10.1. The quantitative estimate of drug-likeness (QED) is 0.139. The fraction of sp³-hybridized carbons (Fsp3) is 0.333. The molecule has 1 aromatic rings. The van der Waals surface area contributed by atoms with Gasteiger partial charge in [0.2, 0.25) is 0 Å². The van der Waals surface area contributed by atoms with Gasteiger partial charge in [0.15, 0.2) is 23.3 Å². The molecule has 0 aliphatic rings. The Morgan fingerprint density at radius 3 is 2.20 bits per heavy atom. The highest BCUT2D eigenvalue weighted by Crippen LogP contribution is 2.32. The van der Waals surface area contributed by atoms with Crippen LogP contribution in [0.25, 0.3) is 5.76 Å². The largest absolute Gasteiger partial charge is 0.506 e. The van der Waals surface area contributed by atoms with Crippen LogP contribution >= 0.6 is 15.9 Å². The number of nitrogens with zero attached hydrogens (tertiary/aromatic N) is 1. The van der Waals surface area contributed by atoms with Gasteiger partial charge < -0.3 is 14.9 Å². The molecular weight excluding hydrogens is 414 g/mol. The van der Waals surface area contributed by atoms with Crippen LogP contribution in [0.4, 0.5) is 17.6 Å². The third-order valence-corrected chi connectivity index (χ3v) is 3.62. The molecule has 0 saturated heterocycles. The van der Waals surface area contributed by atoms with Gasteiger partial charge in [0.05, 0.1) is 29.3 Å². The highest BCUT2D eigenvalue weighted by atomic mass is 79.9. The van der Waals surface area contributed by atoms with E-state index in [2.05, 4.69) is 25.7 Å². The van der Waals surface area contributed by atoms with Crippen LogP contribution in [0.3, 0.4) is 0 Å². The molecule has 0 bridgehead atoms. The standard InChI is InChI=1S/C15H14BrF4NO4/c1-3-25-15(24)7(4-21-6(2)5-22)14(23)8-10(17)12(19)9(16)13(20)11(8)18/h4,6,22-23H,3,5H2,1-2H3/b14-7-,21-4?. The van der Waals surface area contributed by atoms with Crippen molar-refractivity contribution in [2.24, 2.45) is 4.99 Å². The molecule has 25 heavy (non-hydrogen) atoms. The number of aliphatic hydroxyl groups excluding tert-OH is 2. The topological polar surface area (TPSA) is 79.1 Å². The van der Waals surface area contributed by atoms with Gasteiger partial charge in [0.1, 0.15) is 11.3 Å². The van der Waals surface area contributed by atoms with E-state index in [0.29, 0.717) is 6.21 Å². The molecular formula is C15H14BrF4NO4. The lowest BCUT2D eigenvalue weighted by molar-refractivity contribution is -0.137. The second-order valence-electron chi connectivity index (χ2n) is 4.74. The minimum absolute atomic E-state index is 0.146. The van der Waals surface area contributed by atoms with Gasteiger partial charge in [0.25, 0.3) is 0 Å². The number of carbonyl (C=O) groups is 1. The Hall–Kier alpha value is -1.94. The zero-order valence-electron chi connectivity index (χ0n) is 13.1. The second kappa shape index (κ2) is 8.95. The van der Waals surface area contributed by atoms with E-state index < -0.39 is 63.3 Å². The zero-order chi connectivity index (χ0) is 19.3. The van der Waals surface area contributed by atoms with Crippen LogP contribution in [0, 0.1) is 23.3 Å². The summed E-state index contributed by atoms with van der Waals surface area (Å²) in [5.74, 6) is -10.0. The van der Waals surface area contributed by atoms with Gasteiger partial charge in [-0.25, -0.2) is 22.4 Å². The fourth-order valence-electron chi connectivity index (χ4n) is 1.62. The number of hydrogen-bond donors (Lipinski definition) is 2. The van der Waals surface area contributed by atoms with E-state index in [1.807, 2.05) is 0 Å². The Bertz CT molecular complexity index is 708. The van der Waals surface area contributed by atoms with Crippen LogP contribution in [0.2, 0.25) is 0 Å². The molecule has 0 aromatic heterocycles. The van der Waals surface area contributed by atoms with Gasteiger partial charge in [0, 0.05) is 6.21 Å². The summed E-state index contributed by atoms with van der Waals surface area (Å²) in [6.45, 7) is 2.31. The number of halogens is 5. The molecule has 1 atom stereocenters. The van der Waals surface area contributed by atoms with Gasteiger partial charge >= 0.3 is 5.97 Å². The zero-order valence-corrected chi connectivity index (χ0v) is 14.7. The molecule has 138 valence electrons. The van der Waals surface area contributed by atoms with Crippen molar-refractivity contribution in [3.8, 4) is 0 Å². The Kier molecular flexibility index (Phi) is 7.56. The Morgan fingerprint density at radius 1 is 1.24 bits per heavy atom. The summed E-state index contributed by atoms with van der Waals surface area (Å²) in [6.07, 6.45) is 0.699. The summed E-state index contributed by atoms with van der Waals surface area (Å²) < 4.78 is 58.8. The Morgan fingerprint density at radius 2 is 1.76 bits per heavy atom. The summed E-state index contributed by atoms with van der Waals surface area (Å²) in [7, 11) is 0. The van der Waals surface area contributed by atoms with Crippen molar-refractivity contribution in [1.82, 2.24) is 0 Å². The van der Waals surface area contributed by atoms with Crippen molar-refractivity contribution in [1.29, 1.82) is 0 Å². The molecule has 0 spiro atoms. The third-order valence-electron chi connectivity index (χ3n) is 2.92. The molecule has 1 aromatic carbocycles. The van der Waals surface area contributed by atoms with Crippen molar-refractivity contribution in [2.45, 2.75) is 19.9 Å². The van der Waals surface area contributed by atoms with E-state index in [9.17, 15) is 27.5 Å². The van der Waals surface area contributed by atoms with E-state index in [0.717, 1.165) is 0 Å². The molecule has 0 radical (unpaired) electrons. The summed E-state index contributed by atoms with van der Waals surface area (Å²) >= 11 is 2.34. The first-order chi connectivity index (χ1) is 11.7. The maximum absolute atomic E-state index is 14.0. The normalized spacial score (nSPS) is 13.8. The number of esters is 1. The molecule has 0 fully saturated rings. The van der Waals surface area contributed by atoms with E-state index in [4.69, 9.17) is 5.11 Å². The van der Waals surface area contributed by atoms with Crippen molar-refractivity contribution in [3.63, 3.8) is 0 Å². The predicted molar refractivity (Wildman–Crippen MR) is 85.2 cm³/mol. The Balaban J connectivity index is 3.67. The van der Waals surface area contributed by atoms with E-state index in [-0.39, 0.29) is 6.61 Å². The fourth-order valence-corrected chi connectivity index (χ4v) is 1.96. The molecule has 2 N–H and O–H groups in total. The van der Waals surface area contributed by atoms with E-state index in [1.165, 1.54) is 13.8 Å². The highest BCUT2D eigenvalue weighted by molar-refractivity contribution is 9.10. The smallest absolute Gasteiger partial charge is 0.343 e. The minimum Gasteiger partial charge on any atom is -0.506 e. The summed E-state index contributed by atoms with van der Waals surface area (Å²) in [4.78, 5) is 15.6. The average molecular weight is 428 g/mol. The number of aliphatic imine (C=N–C) groups is 1. The lowest BCUT2D eigenvalue weighted by Crippen LogP contribution is -2.15. The van der Waals surface area contributed by atoms with Crippen LogP contribution in [0.1, 0.15) is 19.4 Å². The number of hydrogen-bond acceptors (Lipinski definition) is 5. The highest BCUT2D eigenvalue weighted by Gasteiger charge is 2.29. The number of ether oxygens (including phenoxy) is 1. The summed E-state index contributed by atoms with van der Waals surface area (Å²) in [5.41, 5.74) is -2.31. The summed E-state index contributed by atoms with van der Waals surface area (Å²) in [6, 6.07) is -0.717. The molecule has 1 unspecified atom stereocenters. The van der Waals surface area contributed by atoms with Crippen molar-refractivity contribution >= 4 is 33.9 Å². The maximum atomic E-state index is 14.0. The predicted octanol–water partition coefficient (Wildman–Crippen LogP) is 3.29. The van der Waals surface area contributed by atoms with Crippen LogP contribution in [-0.4, -0.2) is 41.7 Å². The molecule has 0 amide bonds. The molecule has 5 nitrogen and oxygen atoms in total. The van der Waals surface area contributed by atoms with Crippen LogP contribution in [0.5, 0.6) is 0 Å². The maximum Gasteiger partial charge on any atom is 0.343 e. The first kappa shape index (κ1) is 21.1. The van der Waals surface area contributed by atoms with Crippen molar-refractivity contribution < 1.29 is 37.3 Å². The minimum atomic E-state index is -1.91. The summed E-state index contributed by atoms with van der Waals surface area (Å²) in [5, 5.41) is 19.0. The number of rotatable bonds is 6. The lowest BCUT2D eigenvalue weighted by Gasteiger charge is -2.11. The molecule has 1 rings (SSSR count). The van der Waals surface area contributed by atoms with Gasteiger partial charge in [-0.15, -0.1) is 0 Å². The molecule has 0 aliphatic heterocycles. The van der Waals surface area contributed by atoms with Gasteiger partial charge in [-0.3, -0.25) is 4.99 Å². The average Bonchev–Trinajstić information content (AvgIpc) is 2.58. The molecule has 0 aliphatic carbocycles.